The number of hydrogen-bond acceptors (Lipinski definition) is 7. The van der Waals surface area contributed by atoms with Crippen molar-refractivity contribution < 1.29 is 18.7 Å². The second kappa shape index (κ2) is 13.5. The highest BCUT2D eigenvalue weighted by Gasteiger charge is 2.34. The average Bonchev–Trinajstić information content (AvgIpc) is 3.59. The molecular weight excluding hydrogens is 616 g/mol. The number of carbonyl (C=O) groups excluding carboxylic acids is 2. The van der Waals surface area contributed by atoms with Crippen LogP contribution in [0, 0.1) is 13.8 Å². The number of benzene rings is 3. The molecule has 0 spiro atoms. The molecule has 0 bridgehead atoms. The molecular formula is C32H27BrN4O4S. The summed E-state index contributed by atoms with van der Waals surface area (Å²) in [5.74, 6) is 0.534. The topological polar surface area (TPSA) is 96.5 Å². The Bertz CT molecular complexity index is 1680. The fourth-order valence-corrected chi connectivity index (χ4v) is 5.34. The molecule has 0 aliphatic carbocycles. The minimum atomic E-state index is -0.294. The van der Waals surface area contributed by atoms with Crippen molar-refractivity contribution in [2.75, 3.05) is 11.9 Å². The van der Waals surface area contributed by atoms with E-state index in [0.29, 0.717) is 32.8 Å². The third kappa shape index (κ3) is 7.45. The summed E-state index contributed by atoms with van der Waals surface area (Å²) in [6, 6.07) is 24.3. The number of nitrogens with zero attached hydrogens (tertiary/aromatic N) is 3. The molecule has 1 N–H and O–H groups in total. The van der Waals surface area contributed by atoms with Crippen LogP contribution in [0.5, 0.6) is 5.75 Å². The number of anilines is 1. The van der Waals surface area contributed by atoms with Crippen LogP contribution in [0.1, 0.15) is 28.0 Å². The van der Waals surface area contributed by atoms with Crippen LogP contribution < -0.4 is 10.1 Å². The number of carbonyl (C=O) groups is 2. The third-order valence-corrected chi connectivity index (χ3v) is 7.75. The summed E-state index contributed by atoms with van der Waals surface area (Å²) in [5, 5.41) is 11.9. The van der Waals surface area contributed by atoms with Crippen LogP contribution in [-0.4, -0.2) is 34.7 Å². The molecule has 42 heavy (non-hydrogen) atoms. The Morgan fingerprint density at radius 1 is 1.05 bits per heavy atom. The molecule has 0 unspecified atom stereocenters. The largest absolute Gasteiger partial charge is 0.483 e. The number of rotatable bonds is 9. The Morgan fingerprint density at radius 2 is 1.86 bits per heavy atom. The summed E-state index contributed by atoms with van der Waals surface area (Å²) in [6.07, 6.45) is 4.96. The highest BCUT2D eigenvalue weighted by Crippen LogP contribution is 2.36. The molecule has 5 rings (SSSR count). The first kappa shape index (κ1) is 29.1. The normalized spacial score (nSPS) is 15.2. The fourth-order valence-electron chi connectivity index (χ4n) is 4.03. The molecule has 3 aromatic carbocycles. The van der Waals surface area contributed by atoms with Crippen LogP contribution in [0.4, 0.5) is 5.69 Å². The number of amidine groups is 1. The van der Waals surface area contributed by atoms with Gasteiger partial charge in [0.1, 0.15) is 11.5 Å². The predicted molar refractivity (Wildman–Crippen MR) is 170 cm³/mol. The van der Waals surface area contributed by atoms with Gasteiger partial charge in [0.25, 0.3) is 11.8 Å². The first-order valence-corrected chi connectivity index (χ1v) is 14.7. The highest BCUT2D eigenvalue weighted by atomic mass is 79.9. The molecule has 2 amide bonds. The molecule has 10 heteroatoms. The van der Waals surface area contributed by atoms with Crippen molar-refractivity contribution in [1.82, 2.24) is 4.90 Å². The van der Waals surface area contributed by atoms with E-state index in [0.717, 1.165) is 21.2 Å². The summed E-state index contributed by atoms with van der Waals surface area (Å²) >= 11 is 4.70. The number of nitrogens with one attached hydrogen (secondary N) is 1. The standard InChI is InChI=1S/C32H27BrN4O4S/c1-21-9-12-26(13-10-21)35-30(38)20-41-28-14-11-25(33)16-24(28)17-29-31(39)37(19-27-8-5-15-40-27)32(42-29)36-34-18-23-7-4-3-6-22(23)2/h3-18H,19-20H2,1-2H3,(H,35,38)/b29-17-,34-18+,36-32-. The van der Waals surface area contributed by atoms with Gasteiger partial charge in [-0.3, -0.25) is 14.5 Å². The van der Waals surface area contributed by atoms with Crippen molar-refractivity contribution in [1.29, 1.82) is 0 Å². The van der Waals surface area contributed by atoms with Crippen LogP contribution in [0.2, 0.25) is 0 Å². The van der Waals surface area contributed by atoms with E-state index < -0.39 is 0 Å². The van der Waals surface area contributed by atoms with Gasteiger partial charge in [0.15, 0.2) is 11.8 Å². The van der Waals surface area contributed by atoms with Crippen molar-refractivity contribution >= 4 is 62.7 Å². The first-order valence-electron chi connectivity index (χ1n) is 13.0. The summed E-state index contributed by atoms with van der Waals surface area (Å²) in [7, 11) is 0. The van der Waals surface area contributed by atoms with E-state index in [2.05, 4.69) is 31.4 Å². The molecule has 0 atom stereocenters. The van der Waals surface area contributed by atoms with E-state index in [1.165, 1.54) is 16.7 Å². The van der Waals surface area contributed by atoms with Crippen LogP contribution in [0.15, 0.2) is 109 Å². The number of amides is 2. The minimum Gasteiger partial charge on any atom is -0.483 e. The van der Waals surface area contributed by atoms with Crippen molar-refractivity contribution in [2.24, 2.45) is 10.2 Å². The van der Waals surface area contributed by atoms with Crippen LogP contribution in [-0.2, 0) is 16.1 Å². The second-order valence-corrected chi connectivity index (χ2v) is 11.4. The van der Waals surface area contributed by atoms with Crippen LogP contribution in [0.3, 0.4) is 0 Å². The van der Waals surface area contributed by atoms with Crippen LogP contribution >= 0.6 is 27.7 Å². The Labute approximate surface area is 256 Å². The van der Waals surface area contributed by atoms with E-state index in [4.69, 9.17) is 9.15 Å². The maximum absolute atomic E-state index is 13.6. The lowest BCUT2D eigenvalue weighted by Gasteiger charge is -2.13. The maximum atomic E-state index is 13.6. The molecule has 1 saturated heterocycles. The minimum absolute atomic E-state index is 0.197. The molecule has 1 aliphatic rings. The quantitative estimate of drug-likeness (QED) is 0.118. The van der Waals surface area contributed by atoms with Gasteiger partial charge in [0.2, 0.25) is 0 Å². The number of aryl methyl sites for hydroxylation is 2. The Kier molecular flexibility index (Phi) is 9.35. The van der Waals surface area contributed by atoms with Gasteiger partial charge in [-0.25, -0.2) is 0 Å². The molecule has 212 valence electrons. The average molecular weight is 644 g/mol. The molecule has 2 heterocycles. The fraction of sp³-hybridized carbons (Fsp3) is 0.125. The molecule has 0 radical (unpaired) electrons. The zero-order valence-corrected chi connectivity index (χ0v) is 25.3. The number of hydrogen-bond donors (Lipinski definition) is 1. The first-order chi connectivity index (χ1) is 20.4. The van der Waals surface area contributed by atoms with E-state index in [-0.39, 0.29) is 25.0 Å². The lowest BCUT2D eigenvalue weighted by molar-refractivity contribution is -0.122. The lowest BCUT2D eigenvalue weighted by Crippen LogP contribution is -2.28. The van der Waals surface area contributed by atoms with E-state index in [9.17, 15) is 9.59 Å². The number of halogens is 1. The van der Waals surface area contributed by atoms with Crippen molar-refractivity contribution in [3.8, 4) is 5.75 Å². The van der Waals surface area contributed by atoms with Crippen molar-refractivity contribution in [2.45, 2.75) is 20.4 Å². The van der Waals surface area contributed by atoms with Gasteiger partial charge in [-0.05, 0) is 85.3 Å². The van der Waals surface area contributed by atoms with Crippen molar-refractivity contribution in [3.63, 3.8) is 0 Å². The lowest BCUT2D eigenvalue weighted by atomic mass is 10.1. The van der Waals surface area contributed by atoms with Gasteiger partial charge in [0.05, 0.1) is 23.9 Å². The van der Waals surface area contributed by atoms with Gasteiger partial charge in [0, 0.05) is 15.7 Å². The smallest absolute Gasteiger partial charge is 0.267 e. The molecule has 8 nitrogen and oxygen atoms in total. The van der Waals surface area contributed by atoms with E-state index in [1.54, 1.807) is 36.8 Å². The second-order valence-electron chi connectivity index (χ2n) is 9.45. The SMILES string of the molecule is Cc1ccc(NC(=O)COc2ccc(Br)cc2/C=C2\S/C(=N\N=C\c3ccccc3C)N(Cc3ccco3)C2=O)cc1. The zero-order valence-electron chi connectivity index (χ0n) is 22.9. The van der Waals surface area contributed by atoms with Gasteiger partial charge in [-0.15, -0.1) is 5.10 Å². The van der Waals surface area contributed by atoms with Gasteiger partial charge >= 0.3 is 0 Å². The third-order valence-electron chi connectivity index (χ3n) is 6.26. The molecule has 1 aromatic heterocycles. The van der Waals surface area contributed by atoms with E-state index >= 15 is 0 Å². The summed E-state index contributed by atoms with van der Waals surface area (Å²) in [5.41, 5.74) is 4.43. The molecule has 1 aliphatic heterocycles. The van der Waals surface area contributed by atoms with Gasteiger partial charge in [-0.2, -0.15) is 5.10 Å². The summed E-state index contributed by atoms with van der Waals surface area (Å²) in [4.78, 5) is 28.1. The van der Waals surface area contributed by atoms with E-state index in [1.807, 2.05) is 74.5 Å². The van der Waals surface area contributed by atoms with Gasteiger partial charge < -0.3 is 14.5 Å². The summed E-state index contributed by atoms with van der Waals surface area (Å²) < 4.78 is 12.2. The monoisotopic (exact) mass is 642 g/mol. The van der Waals surface area contributed by atoms with Crippen molar-refractivity contribution in [3.05, 3.63) is 123 Å². The Morgan fingerprint density at radius 3 is 2.62 bits per heavy atom. The number of ether oxygens (including phenoxy) is 1. The molecule has 4 aromatic rings. The number of thioether (sulfide) groups is 1. The summed E-state index contributed by atoms with van der Waals surface area (Å²) in [6.45, 7) is 3.99. The zero-order chi connectivity index (χ0) is 29.5. The number of furan rings is 1. The van der Waals surface area contributed by atoms with Gasteiger partial charge in [-0.1, -0.05) is 57.9 Å². The molecule has 0 saturated carbocycles. The highest BCUT2D eigenvalue weighted by molar-refractivity contribution is 9.10. The maximum Gasteiger partial charge on any atom is 0.267 e. The van der Waals surface area contributed by atoms with Crippen LogP contribution in [0.25, 0.3) is 6.08 Å². The molecule has 1 fully saturated rings. The Balaban J connectivity index is 1.37. The predicted octanol–water partition coefficient (Wildman–Crippen LogP) is 7.18. The Hall–Kier alpha value is -4.41.